The predicted molar refractivity (Wildman–Crippen MR) is 81.2 cm³/mol. The van der Waals surface area contributed by atoms with Crippen LogP contribution in [0, 0.1) is 11.8 Å². The standard InChI is InChI=1S/C15H24N2O2S/c1-12(2)9-15(14-5-3-4-7-16-14)17-10-13-6-8-20(18,19)11-13/h3-5,7,12-13,15,17H,6,8-11H2,1-2H3. The van der Waals surface area contributed by atoms with Gasteiger partial charge in [0.15, 0.2) is 9.84 Å². The Labute approximate surface area is 121 Å². The molecule has 0 amide bonds. The van der Waals surface area contributed by atoms with Crippen molar-refractivity contribution in [2.45, 2.75) is 32.7 Å². The highest BCUT2D eigenvalue weighted by atomic mass is 32.2. The Hall–Kier alpha value is -0.940. The van der Waals surface area contributed by atoms with Gasteiger partial charge in [-0.05, 0) is 43.4 Å². The third-order valence-electron chi connectivity index (χ3n) is 3.73. The molecule has 1 aromatic heterocycles. The van der Waals surface area contributed by atoms with Gasteiger partial charge in [0.25, 0.3) is 0 Å². The van der Waals surface area contributed by atoms with Crippen LogP contribution < -0.4 is 5.32 Å². The molecule has 2 unspecified atom stereocenters. The average Bonchev–Trinajstić information content (AvgIpc) is 2.75. The van der Waals surface area contributed by atoms with E-state index in [4.69, 9.17) is 0 Å². The lowest BCUT2D eigenvalue weighted by atomic mass is 9.99. The zero-order valence-corrected chi connectivity index (χ0v) is 13.1. The first-order valence-corrected chi connectivity index (χ1v) is 9.13. The van der Waals surface area contributed by atoms with Gasteiger partial charge >= 0.3 is 0 Å². The first-order valence-electron chi connectivity index (χ1n) is 7.31. The molecule has 4 nitrogen and oxygen atoms in total. The molecular formula is C15H24N2O2S. The lowest BCUT2D eigenvalue weighted by Gasteiger charge is -2.22. The molecular weight excluding hydrogens is 272 g/mol. The van der Waals surface area contributed by atoms with E-state index in [-0.39, 0.29) is 12.0 Å². The molecule has 2 heterocycles. The molecule has 2 atom stereocenters. The van der Waals surface area contributed by atoms with Crippen molar-refractivity contribution in [3.05, 3.63) is 30.1 Å². The maximum Gasteiger partial charge on any atom is 0.150 e. The Morgan fingerprint density at radius 2 is 2.20 bits per heavy atom. The van der Waals surface area contributed by atoms with Gasteiger partial charge < -0.3 is 5.32 Å². The van der Waals surface area contributed by atoms with E-state index in [1.807, 2.05) is 24.4 Å². The van der Waals surface area contributed by atoms with E-state index in [1.165, 1.54) is 0 Å². The molecule has 2 rings (SSSR count). The van der Waals surface area contributed by atoms with Gasteiger partial charge in [-0.25, -0.2) is 8.42 Å². The van der Waals surface area contributed by atoms with Gasteiger partial charge in [0.1, 0.15) is 0 Å². The van der Waals surface area contributed by atoms with Crippen molar-refractivity contribution >= 4 is 9.84 Å². The second kappa shape index (κ2) is 6.68. The summed E-state index contributed by atoms with van der Waals surface area (Å²) in [6, 6.07) is 6.15. The Kier molecular flexibility index (Phi) is 5.16. The zero-order chi connectivity index (χ0) is 14.6. The smallest absolute Gasteiger partial charge is 0.150 e. The van der Waals surface area contributed by atoms with Gasteiger partial charge in [-0.2, -0.15) is 0 Å². The summed E-state index contributed by atoms with van der Waals surface area (Å²) in [5, 5.41) is 3.52. The molecule has 1 saturated heterocycles. The highest BCUT2D eigenvalue weighted by molar-refractivity contribution is 7.91. The van der Waals surface area contributed by atoms with E-state index in [9.17, 15) is 8.42 Å². The number of hydrogen-bond donors (Lipinski definition) is 1. The summed E-state index contributed by atoms with van der Waals surface area (Å²) in [7, 11) is -2.79. The van der Waals surface area contributed by atoms with Crippen molar-refractivity contribution in [3.63, 3.8) is 0 Å². The molecule has 0 aliphatic carbocycles. The Bertz CT molecular complexity index is 514. The van der Waals surface area contributed by atoms with Crippen molar-refractivity contribution in [1.82, 2.24) is 10.3 Å². The zero-order valence-electron chi connectivity index (χ0n) is 12.2. The van der Waals surface area contributed by atoms with Crippen LogP contribution in [0.3, 0.4) is 0 Å². The number of rotatable bonds is 6. The average molecular weight is 296 g/mol. The number of hydrogen-bond acceptors (Lipinski definition) is 4. The SMILES string of the molecule is CC(C)CC(NCC1CCS(=O)(=O)C1)c1ccccn1. The van der Waals surface area contributed by atoms with E-state index in [0.29, 0.717) is 17.4 Å². The molecule has 112 valence electrons. The molecule has 0 bridgehead atoms. The lowest BCUT2D eigenvalue weighted by Crippen LogP contribution is -2.29. The van der Waals surface area contributed by atoms with Crippen molar-refractivity contribution in [3.8, 4) is 0 Å². The number of aromatic nitrogens is 1. The minimum atomic E-state index is -2.79. The summed E-state index contributed by atoms with van der Waals surface area (Å²) >= 11 is 0. The third kappa shape index (κ3) is 4.56. The van der Waals surface area contributed by atoms with Crippen LogP contribution >= 0.6 is 0 Å². The second-order valence-corrected chi connectivity index (χ2v) is 8.34. The fourth-order valence-electron chi connectivity index (χ4n) is 2.70. The molecule has 0 spiro atoms. The largest absolute Gasteiger partial charge is 0.308 e. The molecule has 5 heteroatoms. The predicted octanol–water partition coefficient (Wildman–Crippen LogP) is 2.19. The van der Waals surface area contributed by atoms with Crippen LogP contribution in [-0.4, -0.2) is 31.5 Å². The summed E-state index contributed by atoms with van der Waals surface area (Å²) in [6.45, 7) is 5.14. The minimum absolute atomic E-state index is 0.208. The summed E-state index contributed by atoms with van der Waals surface area (Å²) in [5.41, 5.74) is 1.04. The number of nitrogens with zero attached hydrogens (tertiary/aromatic N) is 1. The molecule has 0 saturated carbocycles. The minimum Gasteiger partial charge on any atom is -0.308 e. The summed E-state index contributed by atoms with van der Waals surface area (Å²) in [5.74, 6) is 1.49. The van der Waals surface area contributed by atoms with Crippen LogP contribution in [0.15, 0.2) is 24.4 Å². The summed E-state index contributed by atoms with van der Waals surface area (Å²) in [6.07, 6.45) is 3.60. The number of nitrogens with one attached hydrogen (secondary N) is 1. The van der Waals surface area contributed by atoms with Crippen LogP contribution in [0.5, 0.6) is 0 Å². The first-order chi connectivity index (χ1) is 9.46. The van der Waals surface area contributed by atoms with Gasteiger partial charge in [0, 0.05) is 12.2 Å². The fourth-order valence-corrected chi connectivity index (χ4v) is 4.57. The Morgan fingerprint density at radius 3 is 2.75 bits per heavy atom. The molecule has 1 fully saturated rings. The third-order valence-corrected chi connectivity index (χ3v) is 5.57. The van der Waals surface area contributed by atoms with Gasteiger partial charge in [-0.15, -0.1) is 0 Å². The molecule has 1 aromatic rings. The fraction of sp³-hybridized carbons (Fsp3) is 0.667. The van der Waals surface area contributed by atoms with Gasteiger partial charge in [-0.1, -0.05) is 19.9 Å². The second-order valence-electron chi connectivity index (χ2n) is 6.11. The van der Waals surface area contributed by atoms with Gasteiger partial charge in [0.2, 0.25) is 0 Å². The summed E-state index contributed by atoms with van der Waals surface area (Å²) < 4.78 is 23.0. The van der Waals surface area contributed by atoms with Crippen LogP contribution in [0.25, 0.3) is 0 Å². The van der Waals surface area contributed by atoms with Crippen molar-refractivity contribution in [1.29, 1.82) is 0 Å². The molecule has 20 heavy (non-hydrogen) atoms. The topological polar surface area (TPSA) is 59.1 Å². The van der Waals surface area contributed by atoms with Crippen molar-refractivity contribution in [2.24, 2.45) is 11.8 Å². The molecule has 1 aliphatic heterocycles. The van der Waals surface area contributed by atoms with Crippen molar-refractivity contribution < 1.29 is 8.42 Å². The van der Waals surface area contributed by atoms with Crippen LogP contribution in [0.1, 0.15) is 38.4 Å². The van der Waals surface area contributed by atoms with E-state index < -0.39 is 9.84 Å². The maximum absolute atomic E-state index is 11.5. The monoisotopic (exact) mass is 296 g/mol. The highest BCUT2D eigenvalue weighted by Gasteiger charge is 2.28. The van der Waals surface area contributed by atoms with E-state index in [1.54, 1.807) is 0 Å². The van der Waals surface area contributed by atoms with E-state index in [0.717, 1.165) is 25.1 Å². The highest BCUT2D eigenvalue weighted by Crippen LogP contribution is 2.22. The molecule has 1 N–H and O–H groups in total. The quantitative estimate of drug-likeness (QED) is 0.874. The number of sulfone groups is 1. The maximum atomic E-state index is 11.5. The first kappa shape index (κ1) is 15.4. The lowest BCUT2D eigenvalue weighted by molar-refractivity contribution is 0.392. The van der Waals surface area contributed by atoms with Crippen LogP contribution in [-0.2, 0) is 9.84 Å². The van der Waals surface area contributed by atoms with E-state index in [2.05, 4.69) is 24.1 Å². The normalized spacial score (nSPS) is 23.1. The van der Waals surface area contributed by atoms with Crippen LogP contribution in [0.2, 0.25) is 0 Å². The molecule has 1 aliphatic rings. The number of pyridine rings is 1. The molecule has 0 radical (unpaired) electrons. The van der Waals surface area contributed by atoms with Crippen LogP contribution in [0.4, 0.5) is 0 Å². The Morgan fingerprint density at radius 1 is 1.40 bits per heavy atom. The Balaban J connectivity index is 1.95. The van der Waals surface area contributed by atoms with Gasteiger partial charge in [-0.3, -0.25) is 4.98 Å². The summed E-state index contributed by atoms with van der Waals surface area (Å²) in [4.78, 5) is 4.43. The van der Waals surface area contributed by atoms with E-state index >= 15 is 0 Å². The molecule has 0 aromatic carbocycles. The van der Waals surface area contributed by atoms with Crippen molar-refractivity contribution in [2.75, 3.05) is 18.1 Å². The van der Waals surface area contributed by atoms with Gasteiger partial charge in [0.05, 0.1) is 17.2 Å².